The Labute approximate surface area is 157 Å². The van der Waals surface area contributed by atoms with E-state index < -0.39 is 5.41 Å². The molecule has 142 valence electrons. The molecular formula is C20H23N3O4. The Hall–Kier alpha value is -2.83. The summed E-state index contributed by atoms with van der Waals surface area (Å²) in [6.07, 6.45) is 5.98. The number of likely N-dealkylation sites (tertiary alicyclic amines) is 2. The van der Waals surface area contributed by atoms with Crippen LogP contribution in [-0.2, 0) is 11.3 Å². The summed E-state index contributed by atoms with van der Waals surface area (Å²) in [4.78, 5) is 33.7. The third-order valence-electron chi connectivity index (χ3n) is 5.55. The highest BCUT2D eigenvalue weighted by atomic mass is 16.6. The number of methoxy groups -OCH3 is 1. The van der Waals surface area contributed by atoms with E-state index in [0.717, 1.165) is 24.9 Å². The summed E-state index contributed by atoms with van der Waals surface area (Å²) < 4.78 is 10.4. The van der Waals surface area contributed by atoms with Gasteiger partial charge in [0, 0.05) is 44.6 Å². The molecule has 27 heavy (non-hydrogen) atoms. The number of nitrogens with zero attached hydrogens (tertiary/aromatic N) is 3. The van der Waals surface area contributed by atoms with Crippen molar-refractivity contribution in [2.75, 3.05) is 26.7 Å². The first kappa shape index (κ1) is 17.6. The molecule has 0 aliphatic carbocycles. The van der Waals surface area contributed by atoms with E-state index >= 15 is 0 Å². The lowest BCUT2D eigenvalue weighted by Crippen LogP contribution is -2.50. The van der Waals surface area contributed by atoms with Crippen LogP contribution in [0.25, 0.3) is 0 Å². The molecule has 7 heteroatoms. The molecule has 0 aromatic carbocycles. The third kappa shape index (κ3) is 3.29. The van der Waals surface area contributed by atoms with Crippen molar-refractivity contribution >= 4 is 11.8 Å². The number of hydrogen-bond donors (Lipinski definition) is 0. The minimum Gasteiger partial charge on any atom is -0.468 e. The predicted octanol–water partition coefficient (Wildman–Crippen LogP) is 2.34. The average molecular weight is 369 g/mol. The zero-order valence-electron chi connectivity index (χ0n) is 15.4. The van der Waals surface area contributed by atoms with E-state index in [0.29, 0.717) is 32.0 Å². The van der Waals surface area contributed by atoms with Crippen molar-refractivity contribution in [2.24, 2.45) is 5.41 Å². The van der Waals surface area contributed by atoms with Crippen molar-refractivity contribution in [3.05, 3.63) is 48.0 Å². The van der Waals surface area contributed by atoms with Gasteiger partial charge in [0.25, 0.3) is 11.9 Å². The quantitative estimate of drug-likeness (QED) is 0.827. The van der Waals surface area contributed by atoms with Crippen LogP contribution in [0.5, 0.6) is 5.95 Å². The van der Waals surface area contributed by atoms with Crippen molar-refractivity contribution in [1.29, 1.82) is 0 Å². The van der Waals surface area contributed by atoms with Gasteiger partial charge in [-0.3, -0.25) is 14.6 Å². The summed E-state index contributed by atoms with van der Waals surface area (Å²) in [5, 5.41) is 0. The number of aromatic nitrogens is 1. The Morgan fingerprint density at radius 1 is 1.30 bits per heavy atom. The molecular weight excluding hydrogens is 346 g/mol. The minimum atomic E-state index is -0.479. The van der Waals surface area contributed by atoms with Gasteiger partial charge in [-0.05, 0) is 37.0 Å². The molecule has 0 bridgehead atoms. The SMILES string of the molecule is COc1ccc(C(=O)N2CCC3(CCCN(Cc4cccnc4)C3=O)C2)o1. The summed E-state index contributed by atoms with van der Waals surface area (Å²) in [5.41, 5.74) is 0.545. The maximum absolute atomic E-state index is 13.2. The molecule has 4 heterocycles. The smallest absolute Gasteiger partial charge is 0.289 e. The predicted molar refractivity (Wildman–Crippen MR) is 97.1 cm³/mol. The first-order chi connectivity index (χ1) is 13.1. The molecule has 2 aromatic heterocycles. The number of carbonyl (C=O) groups excluding carboxylic acids is 2. The van der Waals surface area contributed by atoms with Gasteiger partial charge in [0.2, 0.25) is 5.91 Å². The summed E-state index contributed by atoms with van der Waals surface area (Å²) in [6, 6.07) is 7.10. The Balaban J connectivity index is 1.46. The van der Waals surface area contributed by atoms with Gasteiger partial charge in [-0.25, -0.2) is 0 Å². The second-order valence-corrected chi connectivity index (χ2v) is 7.27. The third-order valence-corrected chi connectivity index (χ3v) is 5.55. The molecule has 2 saturated heterocycles. The molecule has 0 saturated carbocycles. The van der Waals surface area contributed by atoms with Crippen LogP contribution >= 0.6 is 0 Å². The lowest BCUT2D eigenvalue weighted by molar-refractivity contribution is -0.146. The molecule has 2 amide bonds. The average Bonchev–Trinajstić information content (AvgIpc) is 3.34. The van der Waals surface area contributed by atoms with Crippen molar-refractivity contribution in [3.8, 4) is 5.95 Å². The molecule has 2 aliphatic heterocycles. The van der Waals surface area contributed by atoms with Gasteiger partial charge in [-0.1, -0.05) is 6.07 Å². The van der Waals surface area contributed by atoms with E-state index in [-0.39, 0.29) is 17.6 Å². The number of furan rings is 1. The molecule has 1 atom stereocenters. The Bertz CT molecular complexity index is 835. The van der Waals surface area contributed by atoms with Gasteiger partial charge < -0.3 is 19.0 Å². The van der Waals surface area contributed by atoms with Crippen molar-refractivity contribution in [2.45, 2.75) is 25.8 Å². The monoisotopic (exact) mass is 369 g/mol. The molecule has 4 rings (SSSR count). The van der Waals surface area contributed by atoms with E-state index in [2.05, 4.69) is 4.98 Å². The summed E-state index contributed by atoms with van der Waals surface area (Å²) >= 11 is 0. The van der Waals surface area contributed by atoms with Crippen LogP contribution in [0, 0.1) is 5.41 Å². The van der Waals surface area contributed by atoms with Crippen LogP contribution in [0.4, 0.5) is 0 Å². The van der Waals surface area contributed by atoms with E-state index in [1.165, 1.54) is 7.11 Å². The second-order valence-electron chi connectivity index (χ2n) is 7.27. The maximum Gasteiger partial charge on any atom is 0.289 e. The van der Waals surface area contributed by atoms with Crippen LogP contribution in [0.15, 0.2) is 41.1 Å². The lowest BCUT2D eigenvalue weighted by Gasteiger charge is -2.39. The van der Waals surface area contributed by atoms with Gasteiger partial charge in [0.15, 0.2) is 5.76 Å². The van der Waals surface area contributed by atoms with Gasteiger partial charge in [-0.2, -0.15) is 0 Å². The molecule has 2 aliphatic rings. The number of carbonyl (C=O) groups is 2. The second kappa shape index (κ2) is 7.06. The van der Waals surface area contributed by atoms with E-state index in [1.807, 2.05) is 17.0 Å². The van der Waals surface area contributed by atoms with Gasteiger partial charge in [0.05, 0.1) is 12.5 Å². The summed E-state index contributed by atoms with van der Waals surface area (Å²) in [7, 11) is 1.50. The zero-order chi connectivity index (χ0) is 18.9. The van der Waals surface area contributed by atoms with Crippen LogP contribution in [-0.4, -0.2) is 53.3 Å². The van der Waals surface area contributed by atoms with Crippen molar-refractivity contribution in [3.63, 3.8) is 0 Å². The van der Waals surface area contributed by atoms with Crippen LogP contribution in [0.2, 0.25) is 0 Å². The van der Waals surface area contributed by atoms with Crippen molar-refractivity contribution < 1.29 is 18.7 Å². The van der Waals surface area contributed by atoms with Crippen molar-refractivity contribution in [1.82, 2.24) is 14.8 Å². The Kier molecular flexibility index (Phi) is 4.59. The molecule has 7 nitrogen and oxygen atoms in total. The number of hydrogen-bond acceptors (Lipinski definition) is 5. The Morgan fingerprint density at radius 2 is 2.19 bits per heavy atom. The molecule has 0 N–H and O–H groups in total. The highest BCUT2D eigenvalue weighted by Crippen LogP contribution is 2.41. The molecule has 2 fully saturated rings. The van der Waals surface area contributed by atoms with Gasteiger partial charge in [0.1, 0.15) is 0 Å². The first-order valence-corrected chi connectivity index (χ1v) is 9.23. The largest absolute Gasteiger partial charge is 0.468 e. The number of amides is 2. The number of rotatable bonds is 4. The van der Waals surface area contributed by atoms with Crippen LogP contribution in [0.3, 0.4) is 0 Å². The zero-order valence-corrected chi connectivity index (χ0v) is 15.4. The minimum absolute atomic E-state index is 0.143. The Morgan fingerprint density at radius 3 is 2.93 bits per heavy atom. The maximum atomic E-state index is 13.2. The molecule has 2 aromatic rings. The van der Waals surface area contributed by atoms with Crippen LogP contribution in [0.1, 0.15) is 35.4 Å². The topological polar surface area (TPSA) is 75.9 Å². The summed E-state index contributed by atoms with van der Waals surface area (Å²) in [6.45, 7) is 2.32. The van der Waals surface area contributed by atoms with Gasteiger partial charge in [-0.15, -0.1) is 0 Å². The summed E-state index contributed by atoms with van der Waals surface area (Å²) in [5.74, 6) is 0.514. The fourth-order valence-electron chi connectivity index (χ4n) is 4.14. The number of ether oxygens (including phenoxy) is 1. The normalized spacial score (nSPS) is 22.5. The van der Waals surface area contributed by atoms with E-state index in [4.69, 9.17) is 9.15 Å². The van der Waals surface area contributed by atoms with Gasteiger partial charge >= 0.3 is 0 Å². The fraction of sp³-hybridized carbons (Fsp3) is 0.450. The van der Waals surface area contributed by atoms with E-state index in [9.17, 15) is 9.59 Å². The van der Waals surface area contributed by atoms with E-state index in [1.54, 1.807) is 29.4 Å². The highest BCUT2D eigenvalue weighted by Gasteiger charge is 2.49. The first-order valence-electron chi connectivity index (χ1n) is 9.23. The molecule has 0 radical (unpaired) electrons. The number of piperidine rings is 1. The molecule has 1 spiro atoms. The standard InChI is InChI=1S/C20H23N3O4/c1-26-17-6-5-16(27-17)18(24)23-11-8-20(14-23)7-3-10-22(19(20)25)13-15-4-2-9-21-12-15/h2,4-6,9,12H,3,7-8,10-11,13-14H2,1H3. The highest BCUT2D eigenvalue weighted by molar-refractivity contribution is 5.93. The fourth-order valence-corrected chi connectivity index (χ4v) is 4.14. The lowest BCUT2D eigenvalue weighted by atomic mass is 9.78. The van der Waals surface area contributed by atoms with Crippen LogP contribution < -0.4 is 4.74 Å². The number of pyridine rings is 1. The molecule has 1 unspecified atom stereocenters.